The number of aryl methyl sites for hydroxylation is 2. The molecule has 1 heterocycles. The number of amides is 1. The van der Waals surface area contributed by atoms with E-state index in [1.165, 1.54) is 29.7 Å². The third-order valence-electron chi connectivity index (χ3n) is 4.62. The number of hydrogen-bond acceptors (Lipinski definition) is 2. The zero-order chi connectivity index (χ0) is 16.5. The minimum Gasteiger partial charge on any atom is -0.464 e. The maximum atomic E-state index is 12.9. The second-order valence-corrected chi connectivity index (χ2v) is 6.31. The van der Waals surface area contributed by atoms with E-state index in [-0.39, 0.29) is 18.1 Å². The summed E-state index contributed by atoms with van der Waals surface area (Å²) in [4.78, 5) is 12.2. The van der Waals surface area contributed by atoms with Gasteiger partial charge in [-0.2, -0.15) is 0 Å². The summed E-state index contributed by atoms with van der Waals surface area (Å²) in [7, 11) is 0. The summed E-state index contributed by atoms with van der Waals surface area (Å²) in [6.45, 7) is 0.393. The van der Waals surface area contributed by atoms with Gasteiger partial charge in [-0.1, -0.05) is 12.1 Å². The van der Waals surface area contributed by atoms with Crippen LogP contribution in [-0.4, -0.2) is 5.91 Å². The molecule has 0 fully saturated rings. The van der Waals surface area contributed by atoms with Gasteiger partial charge >= 0.3 is 0 Å². The van der Waals surface area contributed by atoms with Crippen LogP contribution in [0.2, 0.25) is 0 Å². The summed E-state index contributed by atoms with van der Waals surface area (Å²) < 4.78 is 18.5. The zero-order valence-electron chi connectivity index (χ0n) is 13.3. The summed E-state index contributed by atoms with van der Waals surface area (Å²) in [6.07, 6.45) is 5.37. The van der Waals surface area contributed by atoms with Crippen molar-refractivity contribution in [1.29, 1.82) is 0 Å². The zero-order valence-corrected chi connectivity index (χ0v) is 13.3. The normalized spacial score (nSPS) is 13.2. The number of halogens is 1. The first-order valence-corrected chi connectivity index (χ1v) is 8.22. The number of fused-ring (bicyclic) bond motifs is 2. The van der Waals surface area contributed by atoms with E-state index in [0.717, 1.165) is 34.9 Å². The molecule has 24 heavy (non-hydrogen) atoms. The summed E-state index contributed by atoms with van der Waals surface area (Å²) in [6, 6.07) is 10.4. The Morgan fingerprint density at radius 3 is 2.67 bits per heavy atom. The lowest BCUT2D eigenvalue weighted by Gasteiger charge is -2.05. The molecule has 0 spiro atoms. The molecule has 1 amide bonds. The van der Waals surface area contributed by atoms with E-state index in [9.17, 15) is 9.18 Å². The first kappa shape index (κ1) is 14.9. The van der Waals surface area contributed by atoms with Crippen LogP contribution in [0, 0.1) is 5.82 Å². The molecule has 4 rings (SSSR count). The van der Waals surface area contributed by atoms with E-state index in [4.69, 9.17) is 4.42 Å². The van der Waals surface area contributed by atoms with Crippen LogP contribution in [0.3, 0.4) is 0 Å². The van der Waals surface area contributed by atoms with Crippen LogP contribution in [0.5, 0.6) is 0 Å². The Morgan fingerprint density at radius 2 is 1.88 bits per heavy atom. The molecular weight excluding hydrogens is 305 g/mol. The Hall–Kier alpha value is -2.62. The Bertz CT molecular complexity index is 896. The van der Waals surface area contributed by atoms with Gasteiger partial charge in [0.1, 0.15) is 11.4 Å². The fraction of sp³-hybridized carbons (Fsp3) is 0.250. The summed E-state index contributed by atoms with van der Waals surface area (Å²) in [5, 5.41) is 3.91. The van der Waals surface area contributed by atoms with Crippen molar-refractivity contribution >= 4 is 16.9 Å². The molecule has 0 saturated heterocycles. The Kier molecular flexibility index (Phi) is 3.81. The smallest absolute Gasteiger partial charge is 0.224 e. The first-order chi connectivity index (χ1) is 11.7. The largest absolute Gasteiger partial charge is 0.464 e. The standard InChI is InChI=1S/C20H18FNO2/c21-17-6-4-13(5-7-17)11-22-20(23)10-16-12-24-19-9-15-3-1-2-14(15)8-18(16)19/h4-9,12H,1-3,10-11H2,(H,22,23). The van der Waals surface area contributed by atoms with E-state index in [1.807, 2.05) is 0 Å². The van der Waals surface area contributed by atoms with Crippen LogP contribution >= 0.6 is 0 Å². The van der Waals surface area contributed by atoms with E-state index < -0.39 is 0 Å². The predicted molar refractivity (Wildman–Crippen MR) is 90.2 cm³/mol. The number of rotatable bonds is 4. The van der Waals surface area contributed by atoms with E-state index in [0.29, 0.717) is 6.54 Å². The molecule has 4 heteroatoms. The molecule has 3 aromatic rings. The van der Waals surface area contributed by atoms with Gasteiger partial charge in [-0.15, -0.1) is 0 Å². The topological polar surface area (TPSA) is 42.2 Å². The van der Waals surface area contributed by atoms with Crippen LogP contribution in [-0.2, 0) is 30.6 Å². The number of nitrogens with one attached hydrogen (secondary N) is 1. The molecule has 1 aliphatic carbocycles. The minimum atomic E-state index is -0.275. The molecule has 122 valence electrons. The Labute approximate surface area is 139 Å². The summed E-state index contributed by atoms with van der Waals surface area (Å²) in [5.74, 6) is -0.343. The lowest BCUT2D eigenvalue weighted by Crippen LogP contribution is -2.24. The predicted octanol–water partition coefficient (Wildman–Crippen LogP) is 3.92. The molecule has 1 aliphatic rings. The first-order valence-electron chi connectivity index (χ1n) is 8.22. The molecule has 2 aromatic carbocycles. The Morgan fingerprint density at radius 1 is 1.12 bits per heavy atom. The molecule has 1 aromatic heterocycles. The van der Waals surface area contributed by atoms with Crippen molar-refractivity contribution in [3.63, 3.8) is 0 Å². The van der Waals surface area contributed by atoms with E-state index in [1.54, 1.807) is 18.4 Å². The van der Waals surface area contributed by atoms with Crippen molar-refractivity contribution in [3.8, 4) is 0 Å². The number of carbonyl (C=O) groups is 1. The highest BCUT2D eigenvalue weighted by Gasteiger charge is 2.16. The Balaban J connectivity index is 1.45. The minimum absolute atomic E-state index is 0.0671. The van der Waals surface area contributed by atoms with Crippen LogP contribution in [0.25, 0.3) is 11.0 Å². The molecule has 0 saturated carbocycles. The van der Waals surface area contributed by atoms with Crippen molar-refractivity contribution < 1.29 is 13.6 Å². The maximum absolute atomic E-state index is 12.9. The third kappa shape index (κ3) is 2.92. The SMILES string of the molecule is O=C(Cc1coc2cc3c(cc12)CCC3)NCc1ccc(F)cc1. The van der Waals surface area contributed by atoms with Gasteiger partial charge in [-0.05, 0) is 60.2 Å². The highest BCUT2D eigenvalue weighted by Crippen LogP contribution is 2.30. The highest BCUT2D eigenvalue weighted by molar-refractivity contribution is 5.88. The second-order valence-electron chi connectivity index (χ2n) is 6.31. The maximum Gasteiger partial charge on any atom is 0.224 e. The molecule has 0 radical (unpaired) electrons. The average Bonchev–Trinajstić information content (AvgIpc) is 3.19. The lowest BCUT2D eigenvalue weighted by atomic mass is 10.0. The molecule has 0 aliphatic heterocycles. The van der Waals surface area contributed by atoms with Crippen molar-refractivity contribution in [2.75, 3.05) is 0 Å². The van der Waals surface area contributed by atoms with Gasteiger partial charge in [0.25, 0.3) is 0 Å². The number of benzene rings is 2. The van der Waals surface area contributed by atoms with E-state index >= 15 is 0 Å². The lowest BCUT2D eigenvalue weighted by molar-refractivity contribution is -0.120. The van der Waals surface area contributed by atoms with Crippen molar-refractivity contribution in [1.82, 2.24) is 5.32 Å². The fourth-order valence-corrected chi connectivity index (χ4v) is 3.32. The van der Waals surface area contributed by atoms with Gasteiger partial charge in [-0.3, -0.25) is 4.79 Å². The third-order valence-corrected chi connectivity index (χ3v) is 4.62. The van der Waals surface area contributed by atoms with Gasteiger partial charge in [-0.25, -0.2) is 4.39 Å². The van der Waals surface area contributed by atoms with Crippen molar-refractivity contribution in [2.24, 2.45) is 0 Å². The quantitative estimate of drug-likeness (QED) is 0.791. The van der Waals surface area contributed by atoms with Crippen LogP contribution < -0.4 is 5.32 Å². The number of carbonyl (C=O) groups excluding carboxylic acids is 1. The van der Waals surface area contributed by atoms with Gasteiger partial charge in [0, 0.05) is 17.5 Å². The van der Waals surface area contributed by atoms with Gasteiger partial charge in [0.05, 0.1) is 12.7 Å². The fourth-order valence-electron chi connectivity index (χ4n) is 3.32. The molecule has 0 unspecified atom stereocenters. The average molecular weight is 323 g/mol. The van der Waals surface area contributed by atoms with Gasteiger partial charge in [0.15, 0.2) is 0 Å². The second kappa shape index (κ2) is 6.11. The van der Waals surface area contributed by atoms with Crippen molar-refractivity contribution in [2.45, 2.75) is 32.2 Å². The molecular formula is C20H18FNO2. The van der Waals surface area contributed by atoms with Crippen LogP contribution in [0.1, 0.15) is 28.7 Å². The van der Waals surface area contributed by atoms with Crippen molar-refractivity contribution in [3.05, 3.63) is 70.7 Å². The summed E-state index contributed by atoms with van der Waals surface area (Å²) >= 11 is 0. The monoisotopic (exact) mass is 323 g/mol. The summed E-state index contributed by atoms with van der Waals surface area (Å²) in [5.41, 5.74) is 5.38. The molecule has 0 bridgehead atoms. The van der Waals surface area contributed by atoms with Gasteiger partial charge in [0.2, 0.25) is 5.91 Å². The number of furan rings is 1. The molecule has 1 N–H and O–H groups in total. The van der Waals surface area contributed by atoms with Crippen LogP contribution in [0.4, 0.5) is 4.39 Å². The van der Waals surface area contributed by atoms with Crippen LogP contribution in [0.15, 0.2) is 47.1 Å². The van der Waals surface area contributed by atoms with Gasteiger partial charge < -0.3 is 9.73 Å². The molecule has 3 nitrogen and oxygen atoms in total. The van der Waals surface area contributed by atoms with E-state index in [2.05, 4.69) is 17.4 Å². The number of hydrogen-bond donors (Lipinski definition) is 1. The molecule has 0 atom stereocenters. The highest BCUT2D eigenvalue weighted by atomic mass is 19.1.